The monoisotopic (exact) mass is 546 g/mol. The fraction of sp³-hybridized carbons (Fsp3) is 0.290. The van der Waals surface area contributed by atoms with Crippen molar-refractivity contribution in [2.24, 2.45) is 0 Å². The molecule has 3 atom stereocenters. The smallest absolute Gasteiger partial charge is 0.319 e. The summed E-state index contributed by atoms with van der Waals surface area (Å²) in [5.41, 5.74) is 2.43. The number of hydrogen-bond acceptors (Lipinski definition) is 5. The third-order valence-electron chi connectivity index (χ3n) is 7.80. The number of dihydropyridines is 1. The van der Waals surface area contributed by atoms with E-state index < -0.39 is 47.4 Å². The number of aliphatic hydroxyl groups excluding tert-OH is 2. The lowest BCUT2D eigenvalue weighted by molar-refractivity contribution is 0.0867. The molecule has 0 fully saturated rings. The van der Waals surface area contributed by atoms with E-state index >= 15 is 0 Å². The number of aromatic nitrogens is 1. The molecule has 0 radical (unpaired) electrons. The molecule has 3 aromatic rings. The van der Waals surface area contributed by atoms with Crippen LogP contribution in [0.1, 0.15) is 55.5 Å². The SMILES string of the molecule is CC1=C(c2cccnc2)NC(CO)(c2ccccc2)C(NC(=O)N[C@@H]2c3cc(F)c(F)cc3C(C)(C)C[C@H]2O)=C1. The number of nitrogens with zero attached hydrogens (tertiary/aromatic N) is 1. The maximum atomic E-state index is 14.3. The van der Waals surface area contributed by atoms with Crippen molar-refractivity contribution in [2.45, 2.75) is 50.3 Å². The predicted molar refractivity (Wildman–Crippen MR) is 148 cm³/mol. The van der Waals surface area contributed by atoms with Gasteiger partial charge in [-0.3, -0.25) is 4.98 Å². The van der Waals surface area contributed by atoms with Gasteiger partial charge in [0.15, 0.2) is 11.6 Å². The number of aliphatic hydroxyl groups is 2. The van der Waals surface area contributed by atoms with Crippen LogP contribution in [-0.4, -0.2) is 33.9 Å². The maximum Gasteiger partial charge on any atom is 0.319 e. The fourth-order valence-electron chi connectivity index (χ4n) is 5.75. The lowest BCUT2D eigenvalue weighted by atomic mass is 9.69. The van der Waals surface area contributed by atoms with Crippen LogP contribution in [0.2, 0.25) is 0 Å². The summed E-state index contributed by atoms with van der Waals surface area (Å²) >= 11 is 0. The van der Waals surface area contributed by atoms with Gasteiger partial charge in [0.2, 0.25) is 0 Å². The zero-order valence-corrected chi connectivity index (χ0v) is 22.5. The highest BCUT2D eigenvalue weighted by Gasteiger charge is 2.43. The highest BCUT2D eigenvalue weighted by atomic mass is 19.2. The molecule has 1 aliphatic carbocycles. The molecule has 2 aromatic carbocycles. The molecule has 40 heavy (non-hydrogen) atoms. The second kappa shape index (κ2) is 10.5. The van der Waals surface area contributed by atoms with Crippen LogP contribution < -0.4 is 16.0 Å². The van der Waals surface area contributed by atoms with Crippen molar-refractivity contribution in [3.63, 3.8) is 0 Å². The van der Waals surface area contributed by atoms with E-state index in [1.165, 1.54) is 0 Å². The minimum Gasteiger partial charge on any atom is -0.393 e. The van der Waals surface area contributed by atoms with Crippen LogP contribution >= 0.6 is 0 Å². The molecule has 5 N–H and O–H groups in total. The van der Waals surface area contributed by atoms with E-state index in [-0.39, 0.29) is 6.42 Å². The summed E-state index contributed by atoms with van der Waals surface area (Å²) in [5.74, 6) is -2.03. The molecular formula is C31H32F2N4O3. The first-order chi connectivity index (χ1) is 19.1. The second-order valence-electron chi connectivity index (χ2n) is 11.0. The van der Waals surface area contributed by atoms with Gasteiger partial charge in [0.1, 0.15) is 5.54 Å². The molecule has 7 nitrogen and oxygen atoms in total. The van der Waals surface area contributed by atoms with Gasteiger partial charge in [-0.15, -0.1) is 0 Å². The van der Waals surface area contributed by atoms with Crippen molar-refractivity contribution in [2.75, 3.05) is 6.61 Å². The van der Waals surface area contributed by atoms with Crippen LogP contribution in [0.4, 0.5) is 13.6 Å². The molecule has 0 spiro atoms. The largest absolute Gasteiger partial charge is 0.393 e. The Bertz CT molecular complexity index is 1490. The van der Waals surface area contributed by atoms with Gasteiger partial charge in [-0.2, -0.15) is 0 Å². The number of carbonyl (C=O) groups is 1. The molecule has 0 saturated heterocycles. The Kier molecular flexibility index (Phi) is 7.20. The minimum absolute atomic E-state index is 0.237. The highest BCUT2D eigenvalue weighted by molar-refractivity contribution is 5.80. The molecule has 9 heteroatoms. The number of carbonyl (C=O) groups excluding carboxylic acids is 1. The van der Waals surface area contributed by atoms with Crippen LogP contribution in [0.5, 0.6) is 0 Å². The van der Waals surface area contributed by atoms with Crippen molar-refractivity contribution in [3.8, 4) is 0 Å². The van der Waals surface area contributed by atoms with Gasteiger partial charge in [-0.25, -0.2) is 13.6 Å². The van der Waals surface area contributed by atoms with Gasteiger partial charge >= 0.3 is 6.03 Å². The number of pyridine rings is 1. The van der Waals surface area contributed by atoms with E-state index in [4.69, 9.17) is 0 Å². The summed E-state index contributed by atoms with van der Waals surface area (Å²) in [6.45, 7) is 5.16. The van der Waals surface area contributed by atoms with Gasteiger partial charge < -0.3 is 26.2 Å². The summed E-state index contributed by atoms with van der Waals surface area (Å²) in [7, 11) is 0. The van der Waals surface area contributed by atoms with Crippen LogP contribution in [0.3, 0.4) is 0 Å². The quantitative estimate of drug-likeness (QED) is 0.323. The maximum absolute atomic E-state index is 14.3. The first kappa shape index (κ1) is 27.5. The Morgan fingerprint density at radius 3 is 2.52 bits per heavy atom. The van der Waals surface area contributed by atoms with E-state index in [1.54, 1.807) is 18.5 Å². The van der Waals surface area contributed by atoms with E-state index in [2.05, 4.69) is 20.9 Å². The fourth-order valence-corrected chi connectivity index (χ4v) is 5.75. The normalized spacial score (nSPS) is 23.5. The molecule has 2 aliphatic rings. The number of nitrogens with one attached hydrogen (secondary N) is 3. The third-order valence-corrected chi connectivity index (χ3v) is 7.80. The van der Waals surface area contributed by atoms with E-state index in [0.29, 0.717) is 22.4 Å². The average Bonchev–Trinajstić information content (AvgIpc) is 2.93. The number of fused-ring (bicyclic) bond motifs is 1. The zero-order chi connectivity index (χ0) is 28.7. The summed E-state index contributed by atoms with van der Waals surface area (Å²) in [4.78, 5) is 17.7. The molecular weight excluding hydrogens is 514 g/mol. The Hall–Kier alpha value is -4.08. The predicted octanol–water partition coefficient (Wildman–Crippen LogP) is 4.55. The van der Waals surface area contributed by atoms with Gasteiger partial charge in [-0.05, 0) is 71.4 Å². The average molecular weight is 547 g/mol. The number of halogens is 2. The van der Waals surface area contributed by atoms with E-state index in [9.17, 15) is 23.8 Å². The molecule has 0 bridgehead atoms. The van der Waals surface area contributed by atoms with E-state index in [1.807, 2.05) is 63.2 Å². The Morgan fingerprint density at radius 1 is 1.12 bits per heavy atom. The molecule has 1 aliphatic heterocycles. The lowest BCUT2D eigenvalue weighted by Crippen LogP contribution is -2.55. The minimum atomic E-state index is -1.22. The summed E-state index contributed by atoms with van der Waals surface area (Å²) in [5, 5.41) is 30.8. The molecule has 1 aromatic heterocycles. The number of rotatable bonds is 5. The molecule has 5 rings (SSSR count). The molecule has 1 unspecified atom stereocenters. The van der Waals surface area contributed by atoms with Crippen molar-refractivity contribution < 1.29 is 23.8 Å². The first-order valence-corrected chi connectivity index (χ1v) is 13.1. The van der Waals surface area contributed by atoms with Crippen molar-refractivity contribution >= 4 is 11.7 Å². The van der Waals surface area contributed by atoms with Crippen molar-refractivity contribution in [1.29, 1.82) is 0 Å². The van der Waals surface area contributed by atoms with Gasteiger partial charge in [0.05, 0.1) is 24.4 Å². The Labute approximate surface area is 231 Å². The Balaban J connectivity index is 1.51. The zero-order valence-electron chi connectivity index (χ0n) is 22.5. The Morgan fingerprint density at radius 2 is 1.85 bits per heavy atom. The first-order valence-electron chi connectivity index (χ1n) is 13.1. The van der Waals surface area contributed by atoms with Gasteiger partial charge in [0, 0.05) is 23.7 Å². The molecule has 2 heterocycles. The molecule has 0 saturated carbocycles. The van der Waals surface area contributed by atoms with Crippen molar-refractivity contribution in [1.82, 2.24) is 20.9 Å². The molecule has 2 amide bonds. The second-order valence-corrected chi connectivity index (χ2v) is 11.0. The number of amides is 2. The number of hydrogen-bond donors (Lipinski definition) is 5. The third kappa shape index (κ3) is 4.87. The summed E-state index contributed by atoms with van der Waals surface area (Å²) < 4.78 is 28.4. The van der Waals surface area contributed by atoms with E-state index in [0.717, 1.165) is 29.0 Å². The number of benzene rings is 2. The topological polar surface area (TPSA) is 107 Å². The highest BCUT2D eigenvalue weighted by Crippen LogP contribution is 2.43. The molecule has 208 valence electrons. The standard InChI is InChI=1S/C31H32F2N4O3/c1-18-12-26(31(17-38,20-9-5-4-6-10-20)37-27(18)19-8-7-11-34-16-19)35-29(40)36-28-21-13-23(32)24(33)14-22(21)30(2,3)15-25(28)39/h4-14,16,25,28,37-39H,15,17H2,1-3H3,(H2,35,36,40)/t25-,28-,31?/m1/s1. The summed E-state index contributed by atoms with van der Waals surface area (Å²) in [6.07, 6.45) is 4.37. The van der Waals surface area contributed by atoms with Gasteiger partial charge in [-0.1, -0.05) is 44.2 Å². The van der Waals surface area contributed by atoms with Gasteiger partial charge in [0.25, 0.3) is 0 Å². The van der Waals surface area contributed by atoms with Crippen LogP contribution in [0.15, 0.2) is 84.3 Å². The van der Waals surface area contributed by atoms with Crippen molar-refractivity contribution in [3.05, 3.63) is 118 Å². The van der Waals surface area contributed by atoms with Crippen LogP contribution in [0.25, 0.3) is 5.70 Å². The number of urea groups is 1. The van der Waals surface area contributed by atoms with Crippen LogP contribution in [-0.2, 0) is 11.0 Å². The van der Waals surface area contributed by atoms with Crippen LogP contribution in [0, 0.1) is 11.6 Å². The summed E-state index contributed by atoms with van der Waals surface area (Å²) in [6, 6.07) is 13.5. The number of allylic oxidation sites excluding steroid dienone is 2. The lowest BCUT2D eigenvalue weighted by Gasteiger charge is -2.42.